The predicted molar refractivity (Wildman–Crippen MR) is 167 cm³/mol. The summed E-state index contributed by atoms with van der Waals surface area (Å²) in [6.45, 7) is 16.6. The highest BCUT2D eigenvalue weighted by Crippen LogP contribution is 2.75. The first-order valence-corrected chi connectivity index (χ1v) is 16.5. The van der Waals surface area contributed by atoms with E-state index in [2.05, 4.69) is 54.5 Å². The van der Waals surface area contributed by atoms with Crippen LogP contribution in [0.15, 0.2) is 42.0 Å². The molecule has 5 heteroatoms. The van der Waals surface area contributed by atoms with Crippen molar-refractivity contribution in [1.82, 2.24) is 5.06 Å². The quantitative estimate of drug-likeness (QED) is 0.375. The summed E-state index contributed by atoms with van der Waals surface area (Å²) in [6, 6.07) is 9.73. The van der Waals surface area contributed by atoms with Gasteiger partial charge in [-0.25, -0.2) is 0 Å². The number of carbonyl (C=O) groups is 2. The second-order valence-electron chi connectivity index (χ2n) is 16.9. The highest BCUT2D eigenvalue weighted by molar-refractivity contribution is 5.95. The minimum absolute atomic E-state index is 0.0237. The molecule has 0 saturated heterocycles. The zero-order valence-electron chi connectivity index (χ0n) is 27.4. The summed E-state index contributed by atoms with van der Waals surface area (Å²) in [5.41, 5.74) is 7.47. The van der Waals surface area contributed by atoms with E-state index < -0.39 is 5.41 Å². The van der Waals surface area contributed by atoms with Gasteiger partial charge in [0, 0.05) is 19.0 Å². The number of amides is 1. The van der Waals surface area contributed by atoms with E-state index in [1.165, 1.54) is 10.6 Å². The molecule has 2 N–H and O–H groups in total. The summed E-state index contributed by atoms with van der Waals surface area (Å²) >= 11 is 0. The molecule has 5 aliphatic rings. The van der Waals surface area contributed by atoms with Crippen LogP contribution in [0.1, 0.15) is 106 Å². The Morgan fingerprint density at radius 2 is 1.57 bits per heavy atom. The Balaban J connectivity index is 1.35. The molecule has 9 atom stereocenters. The number of hydrogen-bond donors (Lipinski definition) is 1. The fraction of sp³-hybridized carbons (Fsp3) is 0.730. The van der Waals surface area contributed by atoms with Crippen molar-refractivity contribution in [3.05, 3.63) is 42.0 Å². The average Bonchev–Trinajstić information content (AvgIpc) is 2.93. The van der Waals surface area contributed by atoms with Crippen LogP contribution in [-0.2, 0) is 9.59 Å². The molecule has 0 aromatic heterocycles. The van der Waals surface area contributed by atoms with Gasteiger partial charge in [0.1, 0.15) is 0 Å². The van der Waals surface area contributed by atoms with Gasteiger partial charge in [-0.15, -0.1) is 0 Å². The molecule has 5 aliphatic carbocycles. The molecular weight excluding hydrogens is 520 g/mol. The predicted octanol–water partition coefficient (Wildman–Crippen LogP) is 7.75. The molecule has 0 bridgehead atoms. The standard InChI is InChI=1S/C37H54N2O3/c1-32(2)28-14-17-37(7)30(35(28,5)16-15-29(32)38)27(40)22-25-26-23-34(4,19-18-33(26,3)20-21-36(25,37)6)31(41)39(8)42-24-12-10-9-11-13-24/h9-13,22,26,28-30H,14-21,23,38H2,1-8H3/t26-,28?,29-,30+,33+,34-,35-,36+,37+/m0/s1. The lowest BCUT2D eigenvalue weighted by Crippen LogP contribution is -2.67. The zero-order valence-corrected chi connectivity index (χ0v) is 27.4. The third-order valence-corrected chi connectivity index (χ3v) is 14.5. The molecule has 42 heavy (non-hydrogen) atoms. The molecule has 0 spiro atoms. The van der Waals surface area contributed by atoms with Crippen molar-refractivity contribution in [3.63, 3.8) is 0 Å². The maximum Gasteiger partial charge on any atom is 0.260 e. The largest absolute Gasteiger partial charge is 0.377 e. The number of hydroxylamine groups is 2. The number of nitrogens with two attached hydrogens (primary N) is 1. The first kappa shape index (κ1) is 29.9. The van der Waals surface area contributed by atoms with E-state index in [0.29, 0.717) is 17.5 Å². The summed E-state index contributed by atoms with van der Waals surface area (Å²) < 4.78 is 0. The highest BCUT2D eigenvalue weighted by Gasteiger charge is 2.70. The van der Waals surface area contributed by atoms with Gasteiger partial charge < -0.3 is 10.6 Å². The van der Waals surface area contributed by atoms with Crippen LogP contribution in [0.25, 0.3) is 0 Å². The van der Waals surface area contributed by atoms with Gasteiger partial charge in [-0.3, -0.25) is 9.59 Å². The molecule has 0 heterocycles. The molecule has 1 aromatic rings. The number of nitrogens with zero attached hydrogens (tertiary/aromatic N) is 1. The van der Waals surface area contributed by atoms with Crippen LogP contribution in [-0.4, -0.2) is 29.8 Å². The topological polar surface area (TPSA) is 72.6 Å². The number of hydrogen-bond acceptors (Lipinski definition) is 4. The lowest BCUT2D eigenvalue weighted by Gasteiger charge is -2.70. The first-order valence-electron chi connectivity index (χ1n) is 16.5. The second kappa shape index (κ2) is 9.43. The van der Waals surface area contributed by atoms with Crippen LogP contribution in [0, 0.1) is 50.2 Å². The number of benzene rings is 1. The average molecular weight is 575 g/mol. The van der Waals surface area contributed by atoms with Gasteiger partial charge in [0.15, 0.2) is 11.5 Å². The molecule has 5 nitrogen and oxygen atoms in total. The Morgan fingerprint density at radius 3 is 2.26 bits per heavy atom. The SMILES string of the molecule is CN(Oc1ccccc1)C(=O)[C@@]1(C)CC[C@]2(C)CC[C@]3(C)C(=CC(=O)[C@@H]4[C@@]5(C)CC[C@H](N)C(C)(C)C5CC[C@]43C)[C@@H]2C1. The van der Waals surface area contributed by atoms with E-state index >= 15 is 0 Å². The number of fused-ring (bicyclic) bond motifs is 7. The molecule has 1 aromatic carbocycles. The normalized spacial score (nSPS) is 45.8. The third kappa shape index (κ3) is 3.97. The van der Waals surface area contributed by atoms with Crippen LogP contribution in [0.2, 0.25) is 0 Å². The summed E-state index contributed by atoms with van der Waals surface area (Å²) in [4.78, 5) is 34.5. The van der Waals surface area contributed by atoms with Gasteiger partial charge in [-0.05, 0) is 115 Å². The Morgan fingerprint density at radius 1 is 0.905 bits per heavy atom. The van der Waals surface area contributed by atoms with Crippen LogP contribution in [0.5, 0.6) is 5.75 Å². The van der Waals surface area contributed by atoms with E-state index in [-0.39, 0.29) is 50.9 Å². The lowest BCUT2D eigenvalue weighted by atomic mass is 9.33. The molecule has 0 aliphatic heterocycles. The number of ketones is 1. The maximum atomic E-state index is 14.6. The highest BCUT2D eigenvalue weighted by atomic mass is 16.7. The molecule has 1 unspecified atom stereocenters. The van der Waals surface area contributed by atoms with Gasteiger partial charge in [0.25, 0.3) is 5.91 Å². The van der Waals surface area contributed by atoms with E-state index in [1.54, 1.807) is 7.05 Å². The van der Waals surface area contributed by atoms with Crippen molar-refractivity contribution in [2.75, 3.05) is 7.05 Å². The molecular formula is C37H54N2O3. The van der Waals surface area contributed by atoms with Crippen molar-refractivity contribution in [3.8, 4) is 5.75 Å². The van der Waals surface area contributed by atoms with Crippen LogP contribution in [0.3, 0.4) is 0 Å². The number of rotatable bonds is 3. The lowest BCUT2D eigenvalue weighted by molar-refractivity contribution is -0.189. The van der Waals surface area contributed by atoms with Gasteiger partial charge in [-0.2, -0.15) is 5.06 Å². The number of carbonyl (C=O) groups excluding carboxylic acids is 2. The molecule has 4 saturated carbocycles. The summed E-state index contributed by atoms with van der Waals surface area (Å²) in [5.74, 6) is 1.73. The monoisotopic (exact) mass is 574 g/mol. The Labute approximate surface area is 254 Å². The van der Waals surface area contributed by atoms with Crippen molar-refractivity contribution >= 4 is 11.7 Å². The van der Waals surface area contributed by atoms with E-state index in [9.17, 15) is 9.59 Å². The smallest absolute Gasteiger partial charge is 0.260 e. The number of allylic oxidation sites excluding steroid dienone is 2. The van der Waals surface area contributed by atoms with E-state index in [0.717, 1.165) is 57.8 Å². The Hall–Kier alpha value is -2.14. The third-order valence-electron chi connectivity index (χ3n) is 14.5. The fourth-order valence-electron chi connectivity index (χ4n) is 11.5. The molecule has 6 rings (SSSR count). The van der Waals surface area contributed by atoms with Gasteiger partial charge in [0.05, 0.1) is 5.41 Å². The van der Waals surface area contributed by atoms with Crippen LogP contribution in [0.4, 0.5) is 0 Å². The fourth-order valence-corrected chi connectivity index (χ4v) is 11.5. The van der Waals surface area contributed by atoms with Crippen LogP contribution < -0.4 is 10.6 Å². The van der Waals surface area contributed by atoms with Crippen LogP contribution >= 0.6 is 0 Å². The molecule has 1 amide bonds. The Kier molecular flexibility index (Phi) is 6.71. The number of para-hydroxylation sites is 1. The van der Waals surface area contributed by atoms with Gasteiger partial charge in [-0.1, -0.05) is 72.2 Å². The Bertz CT molecular complexity index is 1310. The summed E-state index contributed by atoms with van der Waals surface area (Å²) in [6.07, 6.45) is 11.2. The first-order chi connectivity index (χ1) is 19.5. The zero-order chi connectivity index (χ0) is 30.5. The van der Waals surface area contributed by atoms with Crippen molar-refractivity contribution < 1.29 is 14.4 Å². The minimum atomic E-state index is -0.541. The van der Waals surface area contributed by atoms with Gasteiger partial charge in [0.2, 0.25) is 0 Å². The second-order valence-corrected chi connectivity index (χ2v) is 16.9. The maximum absolute atomic E-state index is 14.6. The summed E-state index contributed by atoms with van der Waals surface area (Å²) in [5, 5.41) is 1.44. The van der Waals surface area contributed by atoms with Crippen molar-refractivity contribution in [2.45, 2.75) is 112 Å². The molecule has 0 radical (unpaired) electrons. The van der Waals surface area contributed by atoms with Crippen molar-refractivity contribution in [1.29, 1.82) is 0 Å². The van der Waals surface area contributed by atoms with E-state index in [4.69, 9.17) is 10.6 Å². The van der Waals surface area contributed by atoms with Crippen molar-refractivity contribution in [2.24, 2.45) is 56.0 Å². The van der Waals surface area contributed by atoms with Gasteiger partial charge >= 0.3 is 0 Å². The molecule has 230 valence electrons. The minimum Gasteiger partial charge on any atom is -0.377 e. The van der Waals surface area contributed by atoms with E-state index in [1.807, 2.05) is 30.3 Å². The molecule has 4 fully saturated rings. The summed E-state index contributed by atoms with van der Waals surface area (Å²) in [7, 11) is 1.74.